The van der Waals surface area contributed by atoms with Crippen LogP contribution in [-0.2, 0) is 10.0 Å². The third kappa shape index (κ3) is 4.93. The fourth-order valence-corrected chi connectivity index (χ4v) is 3.74. The van der Waals surface area contributed by atoms with Crippen molar-refractivity contribution in [1.29, 1.82) is 0 Å². The average Bonchev–Trinajstić information content (AvgIpc) is 2.45. The minimum atomic E-state index is -3.55. The lowest BCUT2D eigenvalue weighted by molar-refractivity contribution is 0.393. The monoisotopic (exact) mass is 377 g/mol. The Labute approximate surface area is 136 Å². The summed E-state index contributed by atoms with van der Waals surface area (Å²) >= 11 is 3.30. The van der Waals surface area contributed by atoms with Crippen LogP contribution in [0.2, 0.25) is 0 Å². The lowest BCUT2D eigenvalue weighted by Gasteiger charge is -2.22. The van der Waals surface area contributed by atoms with Gasteiger partial charge in [0, 0.05) is 30.8 Å². The quantitative estimate of drug-likeness (QED) is 0.754. The number of aromatic nitrogens is 1. The molecule has 120 valence electrons. The van der Waals surface area contributed by atoms with E-state index >= 15 is 0 Å². The van der Waals surface area contributed by atoms with Crippen molar-refractivity contribution >= 4 is 31.8 Å². The predicted molar refractivity (Wildman–Crippen MR) is 90.0 cm³/mol. The zero-order chi connectivity index (χ0) is 16.0. The molecule has 21 heavy (non-hydrogen) atoms. The number of anilines is 1. The zero-order valence-corrected chi connectivity index (χ0v) is 15.5. The van der Waals surface area contributed by atoms with Crippen LogP contribution in [0.5, 0.6) is 0 Å². The molecule has 5 nitrogen and oxygen atoms in total. The van der Waals surface area contributed by atoms with Crippen LogP contribution in [0, 0.1) is 5.92 Å². The highest BCUT2D eigenvalue weighted by Gasteiger charge is 2.26. The van der Waals surface area contributed by atoms with Gasteiger partial charge in [-0.25, -0.2) is 17.7 Å². The Morgan fingerprint density at radius 2 is 2.10 bits per heavy atom. The Balaban J connectivity index is 3.13. The van der Waals surface area contributed by atoms with Gasteiger partial charge in [0.05, 0.1) is 0 Å². The van der Waals surface area contributed by atoms with Gasteiger partial charge in [-0.05, 0) is 34.3 Å². The van der Waals surface area contributed by atoms with E-state index in [0.29, 0.717) is 29.3 Å². The molecule has 1 N–H and O–H groups in total. The van der Waals surface area contributed by atoms with E-state index in [0.717, 1.165) is 12.8 Å². The maximum Gasteiger partial charge on any atom is 0.246 e. The molecule has 0 aromatic carbocycles. The molecule has 0 amide bonds. The second-order valence-electron chi connectivity index (χ2n) is 5.23. The van der Waals surface area contributed by atoms with Crippen LogP contribution in [0.15, 0.2) is 21.6 Å². The molecule has 1 atom stereocenters. The van der Waals surface area contributed by atoms with Gasteiger partial charge in [0.1, 0.15) is 10.7 Å². The molecule has 7 heteroatoms. The van der Waals surface area contributed by atoms with Crippen LogP contribution >= 0.6 is 15.9 Å². The van der Waals surface area contributed by atoms with Crippen molar-refractivity contribution in [3.8, 4) is 0 Å². The van der Waals surface area contributed by atoms with Gasteiger partial charge in [0.15, 0.2) is 0 Å². The molecule has 0 aliphatic rings. The maximum atomic E-state index is 12.7. The van der Waals surface area contributed by atoms with E-state index in [1.54, 1.807) is 19.3 Å². The normalized spacial score (nSPS) is 13.4. The molecule has 1 heterocycles. The Hall–Kier alpha value is -0.660. The summed E-state index contributed by atoms with van der Waals surface area (Å²) in [5.74, 6) is 0.730. The van der Waals surface area contributed by atoms with E-state index in [1.165, 1.54) is 4.31 Å². The minimum absolute atomic E-state index is 0.219. The molecule has 0 fully saturated rings. The van der Waals surface area contributed by atoms with E-state index < -0.39 is 10.0 Å². The number of halogens is 1. The van der Waals surface area contributed by atoms with E-state index in [2.05, 4.69) is 33.2 Å². The Morgan fingerprint density at radius 3 is 2.67 bits per heavy atom. The van der Waals surface area contributed by atoms with Crippen LogP contribution in [0.4, 0.5) is 5.82 Å². The number of sulfonamides is 1. The van der Waals surface area contributed by atoms with Gasteiger partial charge < -0.3 is 5.32 Å². The molecule has 1 rings (SSSR count). The Morgan fingerprint density at radius 1 is 1.43 bits per heavy atom. The first-order valence-electron chi connectivity index (χ1n) is 7.18. The third-order valence-corrected chi connectivity index (χ3v) is 5.59. The maximum absolute atomic E-state index is 12.7. The lowest BCUT2D eigenvalue weighted by atomic mass is 10.1. The molecule has 0 saturated heterocycles. The zero-order valence-electron chi connectivity index (χ0n) is 13.1. The second-order valence-corrected chi connectivity index (χ2v) is 8.15. The highest BCUT2D eigenvalue weighted by molar-refractivity contribution is 9.10. The molecule has 1 aromatic heterocycles. The summed E-state index contributed by atoms with van der Waals surface area (Å²) < 4.78 is 27.5. The topological polar surface area (TPSA) is 62.3 Å². The molecule has 0 aliphatic heterocycles. The fraction of sp³-hybridized carbons (Fsp3) is 0.643. The molecule has 0 aliphatic carbocycles. The van der Waals surface area contributed by atoms with Crippen molar-refractivity contribution < 1.29 is 8.42 Å². The van der Waals surface area contributed by atoms with E-state index in [4.69, 9.17) is 0 Å². The largest absolute Gasteiger partial charge is 0.369 e. The number of nitrogens with one attached hydrogen (secondary N) is 1. The third-order valence-electron chi connectivity index (χ3n) is 3.32. The summed E-state index contributed by atoms with van der Waals surface area (Å²) in [6.07, 6.45) is 3.45. The van der Waals surface area contributed by atoms with Gasteiger partial charge in [-0.2, -0.15) is 0 Å². The molecule has 0 bridgehead atoms. The number of nitrogens with zero attached hydrogens (tertiary/aromatic N) is 2. The molecule has 0 saturated carbocycles. The molecule has 0 spiro atoms. The SMILES string of the molecule is CCCNc1ncc(Br)cc1S(=O)(=O)N(C)CC(C)CC. The van der Waals surface area contributed by atoms with Gasteiger partial charge >= 0.3 is 0 Å². The molecule has 1 unspecified atom stereocenters. The van der Waals surface area contributed by atoms with Crippen molar-refractivity contribution in [2.75, 3.05) is 25.5 Å². The Bertz CT molecular complexity index is 563. The van der Waals surface area contributed by atoms with Gasteiger partial charge in [0.2, 0.25) is 10.0 Å². The number of hydrogen-bond donors (Lipinski definition) is 1. The molecule has 0 radical (unpaired) electrons. The van der Waals surface area contributed by atoms with Crippen molar-refractivity contribution in [3.63, 3.8) is 0 Å². The van der Waals surface area contributed by atoms with E-state index in [-0.39, 0.29) is 4.90 Å². The first-order chi connectivity index (χ1) is 9.82. The number of hydrogen-bond acceptors (Lipinski definition) is 4. The summed E-state index contributed by atoms with van der Waals surface area (Å²) in [6.45, 7) is 7.31. The van der Waals surface area contributed by atoms with Gasteiger partial charge in [0.25, 0.3) is 0 Å². The first-order valence-corrected chi connectivity index (χ1v) is 9.41. The van der Waals surface area contributed by atoms with Gasteiger partial charge in [-0.3, -0.25) is 0 Å². The standard InChI is InChI=1S/C14H24BrN3O2S/c1-5-7-16-14-13(8-12(15)9-17-14)21(19,20)18(4)10-11(3)6-2/h8-9,11H,5-7,10H2,1-4H3,(H,16,17). The van der Waals surface area contributed by atoms with Gasteiger partial charge in [-0.1, -0.05) is 27.2 Å². The predicted octanol–water partition coefficient (Wildman–Crippen LogP) is 3.33. The van der Waals surface area contributed by atoms with Crippen molar-refractivity contribution in [2.24, 2.45) is 5.92 Å². The van der Waals surface area contributed by atoms with E-state index in [9.17, 15) is 8.42 Å². The van der Waals surface area contributed by atoms with Crippen LogP contribution < -0.4 is 5.32 Å². The second kappa shape index (κ2) is 8.10. The average molecular weight is 378 g/mol. The van der Waals surface area contributed by atoms with Crippen LogP contribution in [0.3, 0.4) is 0 Å². The first kappa shape index (κ1) is 18.4. The highest BCUT2D eigenvalue weighted by atomic mass is 79.9. The summed E-state index contributed by atoms with van der Waals surface area (Å²) in [4.78, 5) is 4.42. The lowest BCUT2D eigenvalue weighted by Crippen LogP contribution is -2.31. The fourth-order valence-electron chi connectivity index (χ4n) is 1.83. The number of rotatable bonds is 8. The summed E-state index contributed by atoms with van der Waals surface area (Å²) in [5, 5.41) is 3.08. The van der Waals surface area contributed by atoms with Crippen LogP contribution in [0.25, 0.3) is 0 Å². The van der Waals surface area contributed by atoms with E-state index in [1.807, 2.05) is 13.8 Å². The summed E-state index contributed by atoms with van der Waals surface area (Å²) in [5.41, 5.74) is 0. The summed E-state index contributed by atoms with van der Waals surface area (Å²) in [6, 6.07) is 1.60. The van der Waals surface area contributed by atoms with Crippen LogP contribution in [0.1, 0.15) is 33.6 Å². The highest BCUT2D eigenvalue weighted by Crippen LogP contribution is 2.26. The number of pyridine rings is 1. The Kier molecular flexibility index (Phi) is 7.09. The van der Waals surface area contributed by atoms with Gasteiger partial charge in [-0.15, -0.1) is 0 Å². The van der Waals surface area contributed by atoms with Crippen molar-refractivity contribution in [2.45, 2.75) is 38.5 Å². The molecular weight excluding hydrogens is 354 g/mol. The smallest absolute Gasteiger partial charge is 0.246 e. The van der Waals surface area contributed by atoms with Crippen molar-refractivity contribution in [1.82, 2.24) is 9.29 Å². The molecule has 1 aromatic rings. The van der Waals surface area contributed by atoms with Crippen LogP contribution in [-0.4, -0.2) is 37.8 Å². The molecular formula is C14H24BrN3O2S. The summed E-state index contributed by atoms with van der Waals surface area (Å²) in [7, 11) is -1.93. The van der Waals surface area contributed by atoms with Crippen molar-refractivity contribution in [3.05, 3.63) is 16.7 Å². The minimum Gasteiger partial charge on any atom is -0.369 e.